The van der Waals surface area contributed by atoms with Gasteiger partial charge in [-0.1, -0.05) is 23.7 Å². The Morgan fingerprint density at radius 2 is 1.89 bits per heavy atom. The van der Waals surface area contributed by atoms with Crippen molar-refractivity contribution in [1.29, 1.82) is 0 Å². The van der Waals surface area contributed by atoms with E-state index in [0.717, 1.165) is 40.9 Å². The molecule has 0 spiro atoms. The Labute approximate surface area is 226 Å². The number of carbonyl (C=O) groups excluding carboxylic acids is 1. The highest BCUT2D eigenvalue weighted by atomic mass is 35.5. The molecule has 1 aromatic carbocycles. The van der Waals surface area contributed by atoms with Crippen LogP contribution in [0.4, 0.5) is 4.79 Å². The van der Waals surface area contributed by atoms with E-state index < -0.39 is 5.60 Å². The molecule has 2 saturated heterocycles. The van der Waals surface area contributed by atoms with Crippen molar-refractivity contribution in [1.82, 2.24) is 19.8 Å². The Hall–Kier alpha value is -2.26. The molecule has 1 saturated carbocycles. The van der Waals surface area contributed by atoms with Gasteiger partial charge in [-0.3, -0.25) is 4.90 Å². The number of aromatic nitrogens is 2. The molecule has 2 unspecified atom stereocenters. The molecular weight excluding hydrogens is 508 g/mol. The third-order valence-electron chi connectivity index (χ3n) is 7.76. The third-order valence-corrected chi connectivity index (χ3v) is 8.90. The number of fused-ring (bicyclic) bond motifs is 1. The molecule has 4 heterocycles. The third kappa shape index (κ3) is 4.62. The Kier molecular flexibility index (Phi) is 6.22. The van der Waals surface area contributed by atoms with E-state index >= 15 is 0 Å². The zero-order valence-electron chi connectivity index (χ0n) is 21.8. The molecule has 2 aliphatic heterocycles. The van der Waals surface area contributed by atoms with Crippen LogP contribution in [0.3, 0.4) is 0 Å². The first-order valence-corrected chi connectivity index (χ1v) is 14.2. The second kappa shape index (κ2) is 9.19. The largest absolute Gasteiger partial charge is 0.444 e. The number of hydrogen-bond donors (Lipinski definition) is 0. The van der Waals surface area contributed by atoms with Crippen LogP contribution in [0.25, 0.3) is 10.2 Å². The number of piperazine rings is 1. The van der Waals surface area contributed by atoms with Gasteiger partial charge in [-0.15, -0.1) is 11.3 Å². The SMILES string of the molecule is Cc1nc(C2CC2c2ccc(C3(N4CCN(C(=O)OC(C)(C)C)CC4)COC3)cc2Cl)c2ccsc2n1. The van der Waals surface area contributed by atoms with Gasteiger partial charge in [0.25, 0.3) is 0 Å². The first-order valence-electron chi connectivity index (χ1n) is 13.0. The van der Waals surface area contributed by atoms with Gasteiger partial charge in [-0.25, -0.2) is 14.8 Å². The summed E-state index contributed by atoms with van der Waals surface area (Å²) < 4.78 is 11.3. The summed E-state index contributed by atoms with van der Waals surface area (Å²) in [4.78, 5) is 27.2. The highest BCUT2D eigenvalue weighted by Crippen LogP contribution is 2.57. The molecule has 2 atom stereocenters. The molecule has 196 valence electrons. The van der Waals surface area contributed by atoms with E-state index in [0.29, 0.717) is 38.1 Å². The minimum atomic E-state index is -0.488. The summed E-state index contributed by atoms with van der Waals surface area (Å²) in [6.07, 6.45) is 0.817. The summed E-state index contributed by atoms with van der Waals surface area (Å²) in [7, 11) is 0. The van der Waals surface area contributed by atoms with Crippen LogP contribution in [0.2, 0.25) is 5.02 Å². The van der Waals surface area contributed by atoms with Crippen molar-refractivity contribution in [2.75, 3.05) is 39.4 Å². The fraction of sp³-hybridized carbons (Fsp3) is 0.536. The summed E-state index contributed by atoms with van der Waals surface area (Å²) in [5.74, 6) is 1.59. The van der Waals surface area contributed by atoms with Gasteiger partial charge in [-0.05, 0) is 68.7 Å². The van der Waals surface area contributed by atoms with Crippen molar-refractivity contribution in [2.45, 2.75) is 57.1 Å². The molecule has 2 aromatic heterocycles. The number of hydrogen-bond acceptors (Lipinski definition) is 7. The number of rotatable bonds is 4. The van der Waals surface area contributed by atoms with Crippen LogP contribution < -0.4 is 0 Å². The quantitative estimate of drug-likeness (QED) is 0.423. The molecular formula is C28H33ClN4O3S. The summed E-state index contributed by atoms with van der Waals surface area (Å²) in [6.45, 7) is 11.8. The summed E-state index contributed by atoms with van der Waals surface area (Å²) in [6, 6.07) is 8.71. The van der Waals surface area contributed by atoms with E-state index in [2.05, 4.69) is 39.5 Å². The van der Waals surface area contributed by atoms with Crippen molar-refractivity contribution in [3.05, 3.63) is 57.3 Å². The molecule has 0 radical (unpaired) electrons. The molecule has 0 N–H and O–H groups in total. The van der Waals surface area contributed by atoms with E-state index in [1.807, 2.05) is 27.7 Å². The summed E-state index contributed by atoms with van der Waals surface area (Å²) in [5.41, 5.74) is 2.85. The molecule has 3 aromatic rings. The van der Waals surface area contributed by atoms with Crippen molar-refractivity contribution in [2.24, 2.45) is 0 Å². The fourth-order valence-corrected chi connectivity index (χ4v) is 6.84. The van der Waals surface area contributed by atoms with Crippen molar-refractivity contribution in [3.63, 3.8) is 0 Å². The van der Waals surface area contributed by atoms with Crippen molar-refractivity contribution < 1.29 is 14.3 Å². The second-order valence-corrected chi connectivity index (χ2v) is 12.8. The van der Waals surface area contributed by atoms with Gasteiger partial charge in [0, 0.05) is 42.5 Å². The first kappa shape index (κ1) is 25.0. The van der Waals surface area contributed by atoms with Gasteiger partial charge in [0.15, 0.2) is 0 Å². The van der Waals surface area contributed by atoms with E-state index in [9.17, 15) is 4.79 Å². The highest BCUT2D eigenvalue weighted by Gasteiger charge is 2.48. The standard InChI is InChI=1S/C28H33ClN4O3S/c1-17-30-24(20-7-12-37-25(20)31-17)22-14-21(22)19-6-5-18(13-23(19)29)28(15-35-16-28)33-10-8-32(9-11-33)26(34)36-27(2,3)4/h5-7,12-13,21-22H,8-11,14-16H2,1-4H3. The average Bonchev–Trinajstić information content (AvgIpc) is 3.45. The van der Waals surface area contributed by atoms with Gasteiger partial charge in [-0.2, -0.15) is 0 Å². The number of nitrogens with zero attached hydrogens (tertiary/aromatic N) is 4. The predicted molar refractivity (Wildman–Crippen MR) is 146 cm³/mol. The molecule has 37 heavy (non-hydrogen) atoms. The number of amides is 1. The first-order chi connectivity index (χ1) is 17.6. The van der Waals surface area contributed by atoms with Crippen LogP contribution in [0.1, 0.15) is 61.7 Å². The van der Waals surface area contributed by atoms with Crippen molar-refractivity contribution >= 4 is 39.2 Å². The number of benzene rings is 1. The predicted octanol–water partition coefficient (Wildman–Crippen LogP) is 5.70. The zero-order valence-corrected chi connectivity index (χ0v) is 23.4. The number of ether oxygens (including phenoxy) is 2. The second-order valence-electron chi connectivity index (χ2n) is 11.5. The lowest BCUT2D eigenvalue weighted by Crippen LogP contribution is -2.64. The Morgan fingerprint density at radius 1 is 1.14 bits per heavy atom. The summed E-state index contributed by atoms with van der Waals surface area (Å²) in [5, 5.41) is 4.08. The normalized spacial score (nSPS) is 23.6. The van der Waals surface area contributed by atoms with Gasteiger partial charge in [0.05, 0.1) is 24.4 Å². The molecule has 7 nitrogen and oxygen atoms in total. The van der Waals surface area contributed by atoms with Gasteiger partial charge in [0.2, 0.25) is 0 Å². The number of halogens is 1. The Bertz CT molecular complexity index is 1340. The minimum Gasteiger partial charge on any atom is -0.444 e. The van der Waals surface area contributed by atoms with Crippen LogP contribution >= 0.6 is 22.9 Å². The van der Waals surface area contributed by atoms with Gasteiger partial charge >= 0.3 is 6.09 Å². The Balaban J connectivity index is 1.17. The van der Waals surface area contributed by atoms with E-state index in [4.69, 9.17) is 26.1 Å². The average molecular weight is 541 g/mol. The van der Waals surface area contributed by atoms with E-state index in [1.54, 1.807) is 16.2 Å². The van der Waals surface area contributed by atoms with E-state index in [1.165, 1.54) is 16.5 Å². The molecule has 1 aliphatic carbocycles. The smallest absolute Gasteiger partial charge is 0.410 e. The maximum absolute atomic E-state index is 12.5. The fourth-order valence-electron chi connectivity index (χ4n) is 5.70. The number of thiophene rings is 1. The summed E-state index contributed by atoms with van der Waals surface area (Å²) >= 11 is 8.61. The topological polar surface area (TPSA) is 67.8 Å². The monoisotopic (exact) mass is 540 g/mol. The molecule has 3 aliphatic rings. The molecule has 0 bridgehead atoms. The van der Waals surface area contributed by atoms with Crippen molar-refractivity contribution in [3.8, 4) is 0 Å². The van der Waals surface area contributed by atoms with Crippen LogP contribution in [-0.2, 0) is 15.0 Å². The zero-order chi connectivity index (χ0) is 25.9. The maximum atomic E-state index is 12.5. The highest BCUT2D eigenvalue weighted by molar-refractivity contribution is 7.16. The lowest BCUT2D eigenvalue weighted by atomic mass is 9.84. The number of carbonyl (C=O) groups is 1. The maximum Gasteiger partial charge on any atom is 0.410 e. The molecule has 9 heteroatoms. The van der Waals surface area contributed by atoms with Crippen LogP contribution in [0.5, 0.6) is 0 Å². The van der Waals surface area contributed by atoms with Crippen LogP contribution in [0.15, 0.2) is 29.6 Å². The molecule has 3 fully saturated rings. The van der Waals surface area contributed by atoms with Gasteiger partial charge in [0.1, 0.15) is 16.3 Å². The van der Waals surface area contributed by atoms with Gasteiger partial charge < -0.3 is 14.4 Å². The number of aryl methyl sites for hydroxylation is 1. The minimum absolute atomic E-state index is 0.197. The lowest BCUT2D eigenvalue weighted by molar-refractivity contribution is -0.155. The molecule has 6 rings (SSSR count). The van der Waals surface area contributed by atoms with E-state index in [-0.39, 0.29) is 11.6 Å². The van der Waals surface area contributed by atoms with Crippen LogP contribution in [0, 0.1) is 6.92 Å². The van der Waals surface area contributed by atoms with Crippen LogP contribution in [-0.4, -0.2) is 70.9 Å². The Morgan fingerprint density at radius 3 is 2.54 bits per heavy atom. The lowest BCUT2D eigenvalue weighted by Gasteiger charge is -2.52. The molecule has 1 amide bonds.